The first kappa shape index (κ1) is 15.1. The SMILES string of the molecule is Cc1cc(C(=O)NCC(C)(O)CO)cc([N+](=O)[O-])c1. The topological polar surface area (TPSA) is 113 Å². The maximum absolute atomic E-state index is 11.8. The summed E-state index contributed by atoms with van der Waals surface area (Å²) in [7, 11) is 0. The molecule has 1 unspecified atom stereocenters. The summed E-state index contributed by atoms with van der Waals surface area (Å²) in [6, 6.07) is 4.03. The third kappa shape index (κ3) is 4.31. The summed E-state index contributed by atoms with van der Waals surface area (Å²) in [6.45, 7) is 2.37. The molecule has 1 rings (SSSR count). The van der Waals surface area contributed by atoms with Crippen LogP contribution in [-0.4, -0.2) is 39.8 Å². The number of amides is 1. The Morgan fingerprint density at radius 1 is 1.47 bits per heavy atom. The molecule has 0 spiro atoms. The highest BCUT2D eigenvalue weighted by Crippen LogP contribution is 2.16. The molecule has 0 aliphatic heterocycles. The number of nitrogens with one attached hydrogen (secondary N) is 1. The average Bonchev–Trinajstić information content (AvgIpc) is 2.35. The van der Waals surface area contributed by atoms with Crippen molar-refractivity contribution in [3.63, 3.8) is 0 Å². The third-order valence-corrected chi connectivity index (χ3v) is 2.51. The van der Waals surface area contributed by atoms with Gasteiger partial charge in [-0.2, -0.15) is 0 Å². The Hall–Kier alpha value is -1.99. The molecule has 7 heteroatoms. The maximum atomic E-state index is 11.8. The number of hydrogen-bond donors (Lipinski definition) is 3. The Morgan fingerprint density at radius 3 is 2.63 bits per heavy atom. The van der Waals surface area contributed by atoms with Gasteiger partial charge in [-0.3, -0.25) is 14.9 Å². The Bertz CT molecular complexity index is 499. The number of non-ortho nitro benzene ring substituents is 1. The Labute approximate surface area is 110 Å². The van der Waals surface area contributed by atoms with Crippen molar-refractivity contribution < 1.29 is 19.9 Å². The molecule has 3 N–H and O–H groups in total. The number of benzene rings is 1. The van der Waals surface area contributed by atoms with E-state index in [9.17, 15) is 20.0 Å². The normalized spacial score (nSPS) is 13.7. The summed E-state index contributed by atoms with van der Waals surface area (Å²) in [5, 5.41) is 31.5. The van der Waals surface area contributed by atoms with Crippen molar-refractivity contribution in [2.24, 2.45) is 0 Å². The molecule has 19 heavy (non-hydrogen) atoms. The molecule has 0 fully saturated rings. The van der Waals surface area contributed by atoms with E-state index in [4.69, 9.17) is 5.11 Å². The highest BCUT2D eigenvalue weighted by atomic mass is 16.6. The van der Waals surface area contributed by atoms with Gasteiger partial charge in [0.25, 0.3) is 11.6 Å². The fourth-order valence-corrected chi connectivity index (χ4v) is 1.43. The first-order chi connectivity index (χ1) is 8.75. The van der Waals surface area contributed by atoms with Crippen molar-refractivity contribution in [2.45, 2.75) is 19.4 Å². The van der Waals surface area contributed by atoms with Gasteiger partial charge in [0.05, 0.1) is 11.5 Å². The smallest absolute Gasteiger partial charge is 0.270 e. The van der Waals surface area contributed by atoms with Gasteiger partial charge in [0.15, 0.2) is 0 Å². The van der Waals surface area contributed by atoms with E-state index in [1.807, 2.05) is 0 Å². The van der Waals surface area contributed by atoms with Crippen LogP contribution in [0.2, 0.25) is 0 Å². The Morgan fingerprint density at radius 2 is 2.11 bits per heavy atom. The number of nitrogens with zero attached hydrogens (tertiary/aromatic N) is 1. The van der Waals surface area contributed by atoms with Crippen molar-refractivity contribution in [1.82, 2.24) is 5.32 Å². The quantitative estimate of drug-likeness (QED) is 0.527. The average molecular weight is 268 g/mol. The molecule has 0 saturated carbocycles. The molecule has 1 atom stereocenters. The summed E-state index contributed by atoms with van der Waals surface area (Å²) in [6.07, 6.45) is 0. The predicted octanol–water partition coefficient (Wildman–Crippen LogP) is 0.376. The predicted molar refractivity (Wildman–Crippen MR) is 67.9 cm³/mol. The van der Waals surface area contributed by atoms with E-state index in [1.165, 1.54) is 19.1 Å². The van der Waals surface area contributed by atoms with Gasteiger partial charge in [0.1, 0.15) is 5.60 Å². The molecule has 0 radical (unpaired) electrons. The second-order valence-corrected chi connectivity index (χ2v) is 4.65. The molecule has 1 aromatic rings. The Kier molecular flexibility index (Phi) is 4.57. The van der Waals surface area contributed by atoms with Gasteiger partial charge >= 0.3 is 0 Å². The van der Waals surface area contributed by atoms with Crippen LogP contribution in [-0.2, 0) is 0 Å². The lowest BCUT2D eigenvalue weighted by Crippen LogP contribution is -2.43. The molecule has 104 valence electrons. The van der Waals surface area contributed by atoms with Crippen LogP contribution in [0, 0.1) is 17.0 Å². The molecule has 1 amide bonds. The zero-order valence-corrected chi connectivity index (χ0v) is 10.7. The Balaban J connectivity index is 2.85. The number of carbonyl (C=O) groups is 1. The zero-order chi connectivity index (χ0) is 14.6. The minimum absolute atomic E-state index is 0.139. The fourth-order valence-electron chi connectivity index (χ4n) is 1.43. The second-order valence-electron chi connectivity index (χ2n) is 4.65. The van der Waals surface area contributed by atoms with E-state index < -0.39 is 23.0 Å². The zero-order valence-electron chi connectivity index (χ0n) is 10.7. The van der Waals surface area contributed by atoms with Gasteiger partial charge in [0.2, 0.25) is 0 Å². The van der Waals surface area contributed by atoms with Crippen molar-refractivity contribution in [2.75, 3.05) is 13.2 Å². The van der Waals surface area contributed by atoms with E-state index in [0.29, 0.717) is 5.56 Å². The monoisotopic (exact) mass is 268 g/mol. The number of aliphatic hydroxyl groups is 2. The van der Waals surface area contributed by atoms with Crippen LogP contribution < -0.4 is 5.32 Å². The molecule has 0 saturated heterocycles. The summed E-state index contributed by atoms with van der Waals surface area (Å²) in [4.78, 5) is 21.9. The van der Waals surface area contributed by atoms with Crippen LogP contribution in [0.3, 0.4) is 0 Å². The second kappa shape index (κ2) is 5.77. The molecule has 7 nitrogen and oxygen atoms in total. The van der Waals surface area contributed by atoms with E-state index >= 15 is 0 Å². The molecular weight excluding hydrogens is 252 g/mol. The van der Waals surface area contributed by atoms with Crippen molar-refractivity contribution in [3.05, 3.63) is 39.4 Å². The summed E-state index contributed by atoms with van der Waals surface area (Å²) >= 11 is 0. The molecule has 0 bridgehead atoms. The van der Waals surface area contributed by atoms with Gasteiger partial charge in [-0.25, -0.2) is 0 Å². The van der Waals surface area contributed by atoms with Gasteiger partial charge in [-0.05, 0) is 25.5 Å². The molecule has 1 aromatic carbocycles. The van der Waals surface area contributed by atoms with E-state index in [1.54, 1.807) is 6.92 Å². The number of aryl methyl sites for hydroxylation is 1. The minimum Gasteiger partial charge on any atom is -0.393 e. The van der Waals surface area contributed by atoms with Gasteiger partial charge in [0, 0.05) is 24.2 Å². The van der Waals surface area contributed by atoms with Crippen LogP contribution in [0.15, 0.2) is 18.2 Å². The van der Waals surface area contributed by atoms with Crippen molar-refractivity contribution in [1.29, 1.82) is 0 Å². The van der Waals surface area contributed by atoms with Crippen LogP contribution in [0.25, 0.3) is 0 Å². The molecule has 0 aliphatic carbocycles. The van der Waals surface area contributed by atoms with Gasteiger partial charge in [-0.1, -0.05) is 0 Å². The standard InChI is InChI=1S/C12H16N2O5/c1-8-3-9(5-10(4-8)14(18)19)11(16)13-6-12(2,17)7-15/h3-5,15,17H,6-7H2,1-2H3,(H,13,16). The lowest BCUT2D eigenvalue weighted by atomic mass is 10.1. The third-order valence-electron chi connectivity index (χ3n) is 2.51. The molecule has 0 aliphatic rings. The summed E-state index contributed by atoms with van der Waals surface area (Å²) in [5.74, 6) is -0.541. The largest absolute Gasteiger partial charge is 0.393 e. The lowest BCUT2D eigenvalue weighted by Gasteiger charge is -2.20. The van der Waals surface area contributed by atoms with Crippen LogP contribution in [0.1, 0.15) is 22.8 Å². The number of hydrogen-bond acceptors (Lipinski definition) is 5. The minimum atomic E-state index is -1.43. The van der Waals surface area contributed by atoms with Crippen LogP contribution in [0.5, 0.6) is 0 Å². The number of nitro benzene ring substituents is 1. The molecular formula is C12H16N2O5. The van der Waals surface area contributed by atoms with E-state index in [-0.39, 0.29) is 17.8 Å². The van der Waals surface area contributed by atoms with E-state index in [2.05, 4.69) is 5.32 Å². The number of carbonyl (C=O) groups excluding carboxylic acids is 1. The number of rotatable bonds is 5. The van der Waals surface area contributed by atoms with Crippen molar-refractivity contribution >= 4 is 11.6 Å². The maximum Gasteiger partial charge on any atom is 0.270 e. The highest BCUT2D eigenvalue weighted by molar-refractivity contribution is 5.95. The summed E-state index contributed by atoms with van der Waals surface area (Å²) in [5.41, 5.74) is -0.862. The first-order valence-electron chi connectivity index (χ1n) is 5.63. The van der Waals surface area contributed by atoms with Gasteiger partial charge < -0.3 is 15.5 Å². The first-order valence-corrected chi connectivity index (χ1v) is 5.63. The van der Waals surface area contributed by atoms with Crippen molar-refractivity contribution in [3.8, 4) is 0 Å². The van der Waals surface area contributed by atoms with E-state index in [0.717, 1.165) is 6.07 Å². The molecule has 0 heterocycles. The summed E-state index contributed by atoms with van der Waals surface area (Å²) < 4.78 is 0. The lowest BCUT2D eigenvalue weighted by molar-refractivity contribution is -0.384. The number of aliphatic hydroxyl groups excluding tert-OH is 1. The fraction of sp³-hybridized carbons (Fsp3) is 0.417. The van der Waals surface area contributed by atoms with Crippen LogP contribution >= 0.6 is 0 Å². The highest BCUT2D eigenvalue weighted by Gasteiger charge is 2.21. The van der Waals surface area contributed by atoms with Crippen LogP contribution in [0.4, 0.5) is 5.69 Å². The number of nitro groups is 1. The van der Waals surface area contributed by atoms with Gasteiger partial charge in [-0.15, -0.1) is 0 Å². The molecule has 0 aromatic heterocycles.